The monoisotopic (exact) mass is 196 g/mol. The van der Waals surface area contributed by atoms with Crippen molar-refractivity contribution in [2.45, 2.75) is 18.8 Å². The Bertz CT molecular complexity index is 324. The van der Waals surface area contributed by atoms with Crippen molar-refractivity contribution >= 4 is 5.69 Å². The molecular weight excluding hydrogens is 183 g/mol. The number of ether oxygens (including phenoxy) is 1. The molecule has 0 radical (unpaired) electrons. The lowest BCUT2D eigenvalue weighted by molar-refractivity contribution is 0.0837. The van der Waals surface area contributed by atoms with Crippen LogP contribution < -0.4 is 5.73 Å². The second-order valence-electron chi connectivity index (χ2n) is 3.52. The number of rotatable bonds is 1. The Kier molecular flexibility index (Phi) is 2.63. The summed E-state index contributed by atoms with van der Waals surface area (Å²) < 4.78 is 18.7. The van der Waals surface area contributed by atoms with E-state index in [-0.39, 0.29) is 11.7 Å². The summed E-state index contributed by atoms with van der Waals surface area (Å²) in [7, 11) is 0. The molecule has 0 unspecified atom stereocenters. The van der Waals surface area contributed by atoms with Gasteiger partial charge in [0.1, 0.15) is 5.82 Å². The smallest absolute Gasteiger partial charge is 0.147 e. The van der Waals surface area contributed by atoms with E-state index in [0.717, 1.165) is 12.8 Å². The molecule has 0 bridgehead atoms. The molecule has 2 N–H and O–H groups in total. The van der Waals surface area contributed by atoms with Crippen LogP contribution in [0.2, 0.25) is 0 Å². The summed E-state index contributed by atoms with van der Waals surface area (Å²) in [5.41, 5.74) is 6.33. The average molecular weight is 196 g/mol. The van der Waals surface area contributed by atoms with Gasteiger partial charge in [-0.3, -0.25) is 4.98 Å². The molecule has 1 aliphatic heterocycles. The molecule has 1 aliphatic rings. The summed E-state index contributed by atoms with van der Waals surface area (Å²) in [5, 5.41) is 0. The Morgan fingerprint density at radius 3 is 2.79 bits per heavy atom. The van der Waals surface area contributed by atoms with E-state index in [2.05, 4.69) is 4.98 Å². The van der Waals surface area contributed by atoms with Gasteiger partial charge in [0, 0.05) is 25.2 Å². The molecule has 2 rings (SSSR count). The van der Waals surface area contributed by atoms with Crippen LogP contribution >= 0.6 is 0 Å². The van der Waals surface area contributed by atoms with E-state index in [4.69, 9.17) is 10.5 Å². The predicted octanol–water partition coefficient (Wildman–Crippen LogP) is 1.70. The molecule has 1 aromatic heterocycles. The maximum atomic E-state index is 13.5. The van der Waals surface area contributed by atoms with Crippen molar-refractivity contribution in [1.29, 1.82) is 0 Å². The predicted molar refractivity (Wildman–Crippen MR) is 51.4 cm³/mol. The van der Waals surface area contributed by atoms with Crippen molar-refractivity contribution in [3.63, 3.8) is 0 Å². The number of aromatic nitrogens is 1. The van der Waals surface area contributed by atoms with E-state index in [9.17, 15) is 4.39 Å². The molecule has 0 saturated carbocycles. The van der Waals surface area contributed by atoms with Crippen molar-refractivity contribution in [1.82, 2.24) is 4.98 Å². The third-order valence-electron chi connectivity index (χ3n) is 2.50. The minimum atomic E-state index is -0.295. The number of nitrogens with zero attached hydrogens (tertiary/aromatic N) is 1. The van der Waals surface area contributed by atoms with Gasteiger partial charge in [-0.1, -0.05) is 0 Å². The van der Waals surface area contributed by atoms with Gasteiger partial charge >= 0.3 is 0 Å². The summed E-state index contributed by atoms with van der Waals surface area (Å²) in [4.78, 5) is 4.05. The van der Waals surface area contributed by atoms with E-state index in [1.807, 2.05) is 0 Å². The van der Waals surface area contributed by atoms with Crippen LogP contribution in [-0.4, -0.2) is 18.2 Å². The normalized spacial score (nSPS) is 18.4. The molecule has 0 aromatic carbocycles. The van der Waals surface area contributed by atoms with Gasteiger partial charge in [-0.2, -0.15) is 0 Å². The molecular formula is C10H13FN2O. The van der Waals surface area contributed by atoms with Crippen LogP contribution in [0.15, 0.2) is 12.3 Å². The molecule has 4 heteroatoms. The highest BCUT2D eigenvalue weighted by atomic mass is 19.1. The summed E-state index contributed by atoms with van der Waals surface area (Å²) in [6.07, 6.45) is 3.19. The highest BCUT2D eigenvalue weighted by molar-refractivity contribution is 5.36. The molecule has 0 amide bonds. The number of pyridine rings is 1. The van der Waals surface area contributed by atoms with Gasteiger partial charge in [0.15, 0.2) is 0 Å². The number of nitrogen functional groups attached to an aromatic ring is 1. The van der Waals surface area contributed by atoms with Crippen LogP contribution in [0.25, 0.3) is 0 Å². The summed E-state index contributed by atoms with van der Waals surface area (Å²) in [5.74, 6) is -0.110. The minimum absolute atomic E-state index is 0.185. The van der Waals surface area contributed by atoms with Crippen molar-refractivity contribution < 1.29 is 9.13 Å². The zero-order chi connectivity index (χ0) is 9.97. The van der Waals surface area contributed by atoms with Gasteiger partial charge in [-0.25, -0.2) is 4.39 Å². The lowest BCUT2D eigenvalue weighted by Gasteiger charge is -2.21. The average Bonchev–Trinajstić information content (AvgIpc) is 2.19. The summed E-state index contributed by atoms with van der Waals surface area (Å²) in [6, 6.07) is 1.33. The quantitative estimate of drug-likeness (QED) is 0.743. The van der Waals surface area contributed by atoms with Crippen LogP contribution in [0.5, 0.6) is 0 Å². The van der Waals surface area contributed by atoms with Crippen LogP contribution in [0.4, 0.5) is 10.1 Å². The number of halogens is 1. The van der Waals surface area contributed by atoms with Crippen molar-refractivity contribution in [3.8, 4) is 0 Å². The van der Waals surface area contributed by atoms with Crippen LogP contribution in [0.1, 0.15) is 24.5 Å². The van der Waals surface area contributed by atoms with Gasteiger partial charge in [0.05, 0.1) is 17.6 Å². The minimum Gasteiger partial charge on any atom is -0.397 e. The molecule has 76 valence electrons. The van der Waals surface area contributed by atoms with Crippen molar-refractivity contribution in [2.75, 3.05) is 18.9 Å². The van der Waals surface area contributed by atoms with E-state index < -0.39 is 0 Å². The van der Waals surface area contributed by atoms with E-state index in [1.165, 1.54) is 12.3 Å². The Hall–Kier alpha value is -1.16. The molecule has 1 aromatic rings. The zero-order valence-electron chi connectivity index (χ0n) is 7.87. The number of hydrogen-bond acceptors (Lipinski definition) is 3. The van der Waals surface area contributed by atoms with Crippen LogP contribution in [-0.2, 0) is 4.74 Å². The molecule has 1 fully saturated rings. The van der Waals surface area contributed by atoms with Gasteiger partial charge in [0.2, 0.25) is 0 Å². The van der Waals surface area contributed by atoms with Crippen LogP contribution in [0.3, 0.4) is 0 Å². The molecule has 0 aliphatic carbocycles. The fraction of sp³-hybridized carbons (Fsp3) is 0.500. The third-order valence-corrected chi connectivity index (χ3v) is 2.50. The fourth-order valence-corrected chi connectivity index (χ4v) is 1.73. The first kappa shape index (κ1) is 9.40. The van der Waals surface area contributed by atoms with Gasteiger partial charge in [0.25, 0.3) is 0 Å². The van der Waals surface area contributed by atoms with Crippen molar-refractivity contribution in [2.24, 2.45) is 0 Å². The maximum absolute atomic E-state index is 13.5. The van der Waals surface area contributed by atoms with E-state index in [0.29, 0.717) is 24.6 Å². The Labute approximate surface area is 82.1 Å². The first-order chi connectivity index (χ1) is 6.77. The number of hydrogen-bond donors (Lipinski definition) is 1. The maximum Gasteiger partial charge on any atom is 0.147 e. The third kappa shape index (κ3) is 1.85. The van der Waals surface area contributed by atoms with Gasteiger partial charge < -0.3 is 10.5 Å². The van der Waals surface area contributed by atoms with Gasteiger partial charge in [-0.15, -0.1) is 0 Å². The summed E-state index contributed by atoms with van der Waals surface area (Å²) in [6.45, 7) is 1.38. The Morgan fingerprint density at radius 2 is 2.14 bits per heavy atom. The SMILES string of the molecule is Nc1cnc(C2CCOCC2)c(F)c1. The Morgan fingerprint density at radius 1 is 1.43 bits per heavy atom. The zero-order valence-corrected chi connectivity index (χ0v) is 7.87. The second-order valence-corrected chi connectivity index (χ2v) is 3.52. The lowest BCUT2D eigenvalue weighted by atomic mass is 9.95. The van der Waals surface area contributed by atoms with E-state index in [1.54, 1.807) is 0 Å². The second kappa shape index (κ2) is 3.92. The van der Waals surface area contributed by atoms with Gasteiger partial charge in [-0.05, 0) is 12.8 Å². The largest absolute Gasteiger partial charge is 0.397 e. The molecule has 0 atom stereocenters. The van der Waals surface area contributed by atoms with Crippen molar-refractivity contribution in [3.05, 3.63) is 23.8 Å². The highest BCUT2D eigenvalue weighted by Crippen LogP contribution is 2.27. The molecule has 14 heavy (non-hydrogen) atoms. The number of anilines is 1. The standard InChI is InChI=1S/C10H13FN2O/c11-9-5-8(12)6-13-10(9)7-1-3-14-4-2-7/h5-7H,1-4,12H2. The highest BCUT2D eigenvalue weighted by Gasteiger charge is 2.20. The fourth-order valence-electron chi connectivity index (χ4n) is 1.73. The first-order valence-corrected chi connectivity index (χ1v) is 4.76. The molecule has 1 saturated heterocycles. The number of nitrogens with two attached hydrogens (primary N) is 1. The molecule has 2 heterocycles. The van der Waals surface area contributed by atoms with Crippen LogP contribution in [0, 0.1) is 5.82 Å². The molecule has 0 spiro atoms. The summed E-state index contributed by atoms with van der Waals surface area (Å²) >= 11 is 0. The molecule has 3 nitrogen and oxygen atoms in total. The topological polar surface area (TPSA) is 48.1 Å². The Balaban J connectivity index is 2.22. The first-order valence-electron chi connectivity index (χ1n) is 4.76. The van der Waals surface area contributed by atoms with E-state index >= 15 is 0 Å². The lowest BCUT2D eigenvalue weighted by Crippen LogP contribution is -2.16.